The van der Waals surface area contributed by atoms with Gasteiger partial charge in [-0.05, 0) is 25.7 Å². The van der Waals surface area contributed by atoms with Gasteiger partial charge in [-0.25, -0.2) is 0 Å². The monoisotopic (exact) mass is 162 g/mol. The molecule has 0 bridgehead atoms. The normalized spacial score (nSPS) is 22.0. The molecule has 0 nitrogen and oxygen atoms in total. The summed E-state index contributed by atoms with van der Waals surface area (Å²) < 4.78 is 0. The van der Waals surface area contributed by atoms with Crippen molar-refractivity contribution >= 4 is 12.4 Å². The molecule has 1 unspecified atom stereocenters. The minimum absolute atomic E-state index is 0. The molecule has 0 saturated heterocycles. The third-order valence-corrected chi connectivity index (χ3v) is 1.56. The third kappa shape index (κ3) is 4.87. The molecule has 1 aliphatic carbocycles. The lowest BCUT2D eigenvalue weighted by Gasteiger charge is -1.89. The first kappa shape index (κ1) is 12.7. The van der Waals surface area contributed by atoms with Crippen molar-refractivity contribution in [3.63, 3.8) is 0 Å². The fourth-order valence-corrected chi connectivity index (χ4v) is 1.11. The first-order valence-corrected chi connectivity index (χ1v) is 3.96. The van der Waals surface area contributed by atoms with Gasteiger partial charge >= 0.3 is 0 Å². The van der Waals surface area contributed by atoms with Crippen molar-refractivity contribution in [2.75, 3.05) is 0 Å². The van der Waals surface area contributed by atoms with Gasteiger partial charge in [0, 0.05) is 0 Å². The zero-order valence-corrected chi connectivity index (χ0v) is 8.29. The summed E-state index contributed by atoms with van der Waals surface area (Å²) in [6, 6.07) is 0. The lowest BCUT2D eigenvalue weighted by Crippen LogP contribution is -1.76. The van der Waals surface area contributed by atoms with E-state index < -0.39 is 0 Å². The van der Waals surface area contributed by atoms with Crippen LogP contribution in [0.15, 0.2) is 11.6 Å². The van der Waals surface area contributed by atoms with Crippen LogP contribution >= 0.6 is 12.4 Å². The molecule has 62 valence electrons. The molecule has 1 atom stereocenters. The van der Waals surface area contributed by atoms with E-state index in [0.717, 1.165) is 5.92 Å². The summed E-state index contributed by atoms with van der Waals surface area (Å²) in [4.78, 5) is 0. The smallest absolute Gasteiger partial charge is 0.0256 e. The minimum Gasteiger partial charge on any atom is -0.147 e. The Hall–Kier alpha value is 0.0300. The molecule has 0 spiro atoms. The van der Waals surface area contributed by atoms with Crippen molar-refractivity contribution in [2.24, 2.45) is 5.92 Å². The molecule has 0 aromatic heterocycles. The molecule has 0 aromatic rings. The molecular formula is C9H19Cl. The van der Waals surface area contributed by atoms with Crippen LogP contribution in [-0.2, 0) is 0 Å². The van der Waals surface area contributed by atoms with Gasteiger partial charge in [0.15, 0.2) is 0 Å². The maximum Gasteiger partial charge on any atom is -0.0256 e. The zero-order chi connectivity index (χ0) is 7.28. The SMILES string of the molecule is CC.CC1=CC(C)CC1.Cl. The van der Waals surface area contributed by atoms with E-state index in [1.807, 2.05) is 13.8 Å². The molecule has 1 aliphatic rings. The van der Waals surface area contributed by atoms with Gasteiger partial charge in [-0.15, -0.1) is 12.4 Å². The van der Waals surface area contributed by atoms with Crippen LogP contribution in [0.5, 0.6) is 0 Å². The van der Waals surface area contributed by atoms with Crippen molar-refractivity contribution in [3.05, 3.63) is 11.6 Å². The Kier molecular flexibility index (Phi) is 9.06. The summed E-state index contributed by atoms with van der Waals surface area (Å²) in [6.45, 7) is 8.49. The third-order valence-electron chi connectivity index (χ3n) is 1.56. The summed E-state index contributed by atoms with van der Waals surface area (Å²) in [5.74, 6) is 0.861. The maximum atomic E-state index is 2.36. The highest BCUT2D eigenvalue weighted by molar-refractivity contribution is 5.85. The standard InChI is InChI=1S/C7H12.C2H6.ClH/c1-6-3-4-7(2)5-6;1-2;/h5-6H,3-4H2,1-2H3;1-2H3;1H. The number of rotatable bonds is 0. The molecule has 0 heterocycles. The summed E-state index contributed by atoms with van der Waals surface area (Å²) in [5.41, 5.74) is 1.58. The molecule has 1 rings (SSSR count). The van der Waals surface area contributed by atoms with Crippen molar-refractivity contribution in [3.8, 4) is 0 Å². The van der Waals surface area contributed by atoms with Gasteiger partial charge in [-0.2, -0.15) is 0 Å². The van der Waals surface area contributed by atoms with E-state index >= 15 is 0 Å². The Morgan fingerprint density at radius 1 is 1.40 bits per heavy atom. The second kappa shape index (κ2) is 7.14. The zero-order valence-electron chi connectivity index (χ0n) is 7.48. The molecule has 0 radical (unpaired) electrons. The van der Waals surface area contributed by atoms with Gasteiger partial charge in [0.2, 0.25) is 0 Å². The lowest BCUT2D eigenvalue weighted by atomic mass is 10.2. The highest BCUT2D eigenvalue weighted by Crippen LogP contribution is 2.21. The van der Waals surface area contributed by atoms with Gasteiger partial charge in [-0.3, -0.25) is 0 Å². The fourth-order valence-electron chi connectivity index (χ4n) is 1.11. The van der Waals surface area contributed by atoms with E-state index in [9.17, 15) is 0 Å². The van der Waals surface area contributed by atoms with Gasteiger partial charge in [-0.1, -0.05) is 32.4 Å². The first-order valence-electron chi connectivity index (χ1n) is 3.96. The number of hydrogen-bond donors (Lipinski definition) is 0. The molecule has 0 N–H and O–H groups in total. The Morgan fingerprint density at radius 3 is 2.00 bits per heavy atom. The van der Waals surface area contributed by atoms with E-state index in [1.54, 1.807) is 5.57 Å². The Morgan fingerprint density at radius 2 is 1.90 bits per heavy atom. The van der Waals surface area contributed by atoms with Crippen molar-refractivity contribution in [1.29, 1.82) is 0 Å². The molecule has 0 aromatic carbocycles. The quantitative estimate of drug-likeness (QED) is 0.476. The lowest BCUT2D eigenvalue weighted by molar-refractivity contribution is 0.698. The Bertz CT molecular complexity index is 94.9. The number of allylic oxidation sites excluding steroid dienone is 2. The second-order valence-corrected chi connectivity index (χ2v) is 2.53. The van der Waals surface area contributed by atoms with E-state index in [4.69, 9.17) is 0 Å². The van der Waals surface area contributed by atoms with Crippen LogP contribution < -0.4 is 0 Å². The molecule has 0 fully saturated rings. The van der Waals surface area contributed by atoms with Crippen molar-refractivity contribution in [2.45, 2.75) is 40.5 Å². The van der Waals surface area contributed by atoms with E-state index in [-0.39, 0.29) is 12.4 Å². The summed E-state index contributed by atoms with van der Waals surface area (Å²) in [5, 5.41) is 0. The molecule has 0 aliphatic heterocycles. The van der Waals surface area contributed by atoms with Crippen molar-refractivity contribution in [1.82, 2.24) is 0 Å². The Labute approximate surface area is 71.1 Å². The van der Waals surface area contributed by atoms with Gasteiger partial charge < -0.3 is 0 Å². The van der Waals surface area contributed by atoms with E-state index in [0.29, 0.717) is 0 Å². The van der Waals surface area contributed by atoms with Crippen molar-refractivity contribution < 1.29 is 0 Å². The first-order chi connectivity index (χ1) is 4.29. The topological polar surface area (TPSA) is 0 Å². The van der Waals surface area contributed by atoms with Gasteiger partial charge in [0.05, 0.1) is 0 Å². The molecule has 0 saturated carbocycles. The van der Waals surface area contributed by atoms with Crippen LogP contribution in [0.3, 0.4) is 0 Å². The molecule has 1 heteroatoms. The molecule has 10 heavy (non-hydrogen) atoms. The van der Waals surface area contributed by atoms with Crippen LogP contribution in [0.1, 0.15) is 40.5 Å². The summed E-state index contributed by atoms with van der Waals surface area (Å²) in [6.07, 6.45) is 5.08. The molecule has 0 amide bonds. The van der Waals surface area contributed by atoms with Gasteiger partial charge in [0.1, 0.15) is 0 Å². The van der Waals surface area contributed by atoms with Crippen LogP contribution in [-0.4, -0.2) is 0 Å². The van der Waals surface area contributed by atoms with Crippen LogP contribution in [0.2, 0.25) is 0 Å². The summed E-state index contributed by atoms with van der Waals surface area (Å²) >= 11 is 0. The predicted octanol–water partition coefficient (Wildman–Crippen LogP) is 3.81. The van der Waals surface area contributed by atoms with Crippen LogP contribution in [0.25, 0.3) is 0 Å². The second-order valence-electron chi connectivity index (χ2n) is 2.53. The molecular weight excluding hydrogens is 144 g/mol. The average Bonchev–Trinajstić information content (AvgIpc) is 2.20. The average molecular weight is 163 g/mol. The van der Waals surface area contributed by atoms with E-state index in [2.05, 4.69) is 19.9 Å². The highest BCUT2D eigenvalue weighted by atomic mass is 35.5. The summed E-state index contributed by atoms with van der Waals surface area (Å²) in [7, 11) is 0. The van der Waals surface area contributed by atoms with E-state index in [1.165, 1.54) is 12.8 Å². The van der Waals surface area contributed by atoms with Crippen LogP contribution in [0.4, 0.5) is 0 Å². The largest absolute Gasteiger partial charge is 0.147 e. The van der Waals surface area contributed by atoms with Crippen LogP contribution in [0, 0.1) is 5.92 Å². The fraction of sp³-hybridized carbons (Fsp3) is 0.778. The predicted molar refractivity (Wildman–Crippen MR) is 50.8 cm³/mol. The highest BCUT2D eigenvalue weighted by Gasteiger charge is 2.05. The minimum atomic E-state index is 0. The number of hydrogen-bond acceptors (Lipinski definition) is 0. The van der Waals surface area contributed by atoms with Gasteiger partial charge in [0.25, 0.3) is 0 Å². The Balaban J connectivity index is 0. The maximum absolute atomic E-state index is 2.36. The number of halogens is 1.